The lowest BCUT2D eigenvalue weighted by Gasteiger charge is -2.18. The number of rotatable bonds is 7. The second-order valence-electron chi connectivity index (χ2n) is 6.46. The normalized spacial score (nSPS) is 13.5. The minimum atomic E-state index is -0.355. The molecule has 0 aliphatic carbocycles. The van der Waals surface area contributed by atoms with Crippen LogP contribution in [0.15, 0.2) is 59.0 Å². The highest BCUT2D eigenvalue weighted by molar-refractivity contribution is 5.81. The number of halogens is 1. The molecule has 1 amide bonds. The van der Waals surface area contributed by atoms with E-state index in [0.717, 1.165) is 22.3 Å². The smallest absolute Gasteiger partial charge is 0.236 e. The van der Waals surface area contributed by atoms with Crippen molar-refractivity contribution in [1.29, 1.82) is 0 Å². The van der Waals surface area contributed by atoms with Gasteiger partial charge >= 0.3 is 0 Å². The number of amides is 1. The van der Waals surface area contributed by atoms with E-state index in [1.807, 2.05) is 44.2 Å². The molecule has 0 aliphatic rings. The van der Waals surface area contributed by atoms with Crippen LogP contribution in [0.4, 0.5) is 4.39 Å². The highest BCUT2D eigenvalue weighted by atomic mass is 19.1. The lowest BCUT2D eigenvalue weighted by molar-refractivity contribution is -0.122. The first-order chi connectivity index (χ1) is 12.5. The maximum atomic E-state index is 12.9. The van der Waals surface area contributed by atoms with Crippen LogP contribution in [0.2, 0.25) is 0 Å². The summed E-state index contributed by atoms with van der Waals surface area (Å²) in [5, 5.41) is 7.21. The number of para-hydroxylation sites is 1. The molecule has 0 bridgehead atoms. The minimum absolute atomic E-state index is 0.0740. The van der Waals surface area contributed by atoms with Gasteiger partial charge in [0.25, 0.3) is 0 Å². The third-order valence-electron chi connectivity index (χ3n) is 4.39. The van der Waals surface area contributed by atoms with E-state index in [2.05, 4.69) is 10.6 Å². The van der Waals surface area contributed by atoms with Gasteiger partial charge in [0.2, 0.25) is 5.91 Å². The predicted octanol–water partition coefficient (Wildman–Crippen LogP) is 3.97. The largest absolute Gasteiger partial charge is 0.459 e. The number of fused-ring (bicyclic) bond motifs is 1. The van der Waals surface area contributed by atoms with Crippen molar-refractivity contribution >= 4 is 16.9 Å². The van der Waals surface area contributed by atoms with E-state index < -0.39 is 0 Å². The van der Waals surface area contributed by atoms with Gasteiger partial charge in [-0.3, -0.25) is 10.1 Å². The Labute approximate surface area is 152 Å². The van der Waals surface area contributed by atoms with Crippen LogP contribution < -0.4 is 10.6 Å². The van der Waals surface area contributed by atoms with Gasteiger partial charge in [-0.05, 0) is 50.1 Å². The molecule has 5 heteroatoms. The molecule has 2 aromatic carbocycles. The Morgan fingerprint density at radius 1 is 1.12 bits per heavy atom. The van der Waals surface area contributed by atoms with Gasteiger partial charge < -0.3 is 9.73 Å². The van der Waals surface area contributed by atoms with Crippen molar-refractivity contribution in [3.8, 4) is 0 Å². The second-order valence-corrected chi connectivity index (χ2v) is 6.46. The van der Waals surface area contributed by atoms with Crippen LogP contribution >= 0.6 is 0 Å². The van der Waals surface area contributed by atoms with Crippen molar-refractivity contribution in [3.05, 3.63) is 71.7 Å². The van der Waals surface area contributed by atoms with Crippen molar-refractivity contribution in [1.82, 2.24) is 10.6 Å². The highest BCUT2D eigenvalue weighted by Gasteiger charge is 2.18. The van der Waals surface area contributed by atoms with Crippen LogP contribution in [-0.2, 0) is 11.2 Å². The summed E-state index contributed by atoms with van der Waals surface area (Å²) in [6.07, 6.45) is 0.665. The number of nitrogens with one attached hydrogen (secondary N) is 2. The van der Waals surface area contributed by atoms with Crippen LogP contribution in [0.1, 0.15) is 31.2 Å². The summed E-state index contributed by atoms with van der Waals surface area (Å²) in [6, 6.07) is 15.7. The standard InChI is InChI=1S/C21H23FN2O2/c1-14(20-13-17-5-3-4-6-19(17)26-20)24-15(2)21(25)23-12-11-16-7-9-18(22)10-8-16/h3-10,13-15,24H,11-12H2,1-2H3,(H,23,25). The zero-order valence-electron chi connectivity index (χ0n) is 15.0. The molecule has 26 heavy (non-hydrogen) atoms. The van der Waals surface area contributed by atoms with E-state index in [1.54, 1.807) is 12.1 Å². The van der Waals surface area contributed by atoms with Gasteiger partial charge in [-0.25, -0.2) is 4.39 Å². The van der Waals surface area contributed by atoms with Gasteiger partial charge in [-0.2, -0.15) is 0 Å². The molecule has 4 nitrogen and oxygen atoms in total. The van der Waals surface area contributed by atoms with Crippen LogP contribution in [0.5, 0.6) is 0 Å². The SMILES string of the molecule is CC(NC(C)c1cc2ccccc2o1)C(=O)NCCc1ccc(F)cc1. The summed E-state index contributed by atoms with van der Waals surface area (Å²) < 4.78 is 18.7. The van der Waals surface area contributed by atoms with Crippen LogP contribution in [0.3, 0.4) is 0 Å². The van der Waals surface area contributed by atoms with Gasteiger partial charge in [0.15, 0.2) is 0 Å². The topological polar surface area (TPSA) is 54.3 Å². The van der Waals surface area contributed by atoms with Crippen molar-refractivity contribution in [2.75, 3.05) is 6.54 Å². The first-order valence-corrected chi connectivity index (χ1v) is 8.79. The molecule has 3 rings (SSSR count). The quantitative estimate of drug-likeness (QED) is 0.675. The summed E-state index contributed by atoms with van der Waals surface area (Å²) in [7, 11) is 0. The van der Waals surface area contributed by atoms with Crippen molar-refractivity contribution in [2.24, 2.45) is 0 Å². The monoisotopic (exact) mass is 354 g/mol. The zero-order valence-corrected chi connectivity index (χ0v) is 15.0. The molecule has 0 aliphatic heterocycles. The third kappa shape index (κ3) is 4.49. The van der Waals surface area contributed by atoms with E-state index in [-0.39, 0.29) is 23.8 Å². The Bertz CT molecular complexity index is 840. The Hall–Kier alpha value is -2.66. The molecule has 2 atom stereocenters. The fraction of sp³-hybridized carbons (Fsp3) is 0.286. The Morgan fingerprint density at radius 3 is 2.58 bits per heavy atom. The molecule has 1 aromatic heterocycles. The van der Waals surface area contributed by atoms with Gasteiger partial charge in [0.1, 0.15) is 17.2 Å². The van der Waals surface area contributed by atoms with Gasteiger partial charge in [-0.1, -0.05) is 30.3 Å². The number of carbonyl (C=O) groups excluding carboxylic acids is 1. The molecule has 0 saturated carbocycles. The lowest BCUT2D eigenvalue weighted by atomic mass is 10.1. The lowest BCUT2D eigenvalue weighted by Crippen LogP contribution is -2.43. The zero-order chi connectivity index (χ0) is 18.5. The van der Waals surface area contributed by atoms with Gasteiger partial charge in [-0.15, -0.1) is 0 Å². The van der Waals surface area contributed by atoms with Gasteiger partial charge in [0, 0.05) is 11.9 Å². The number of hydrogen-bond acceptors (Lipinski definition) is 3. The van der Waals surface area contributed by atoms with E-state index in [0.29, 0.717) is 13.0 Å². The maximum absolute atomic E-state index is 12.9. The fourth-order valence-electron chi connectivity index (χ4n) is 2.88. The Morgan fingerprint density at radius 2 is 1.85 bits per heavy atom. The van der Waals surface area contributed by atoms with E-state index in [4.69, 9.17) is 4.42 Å². The molecule has 0 saturated heterocycles. The minimum Gasteiger partial charge on any atom is -0.459 e. The molecule has 0 fully saturated rings. The number of hydrogen-bond donors (Lipinski definition) is 2. The third-order valence-corrected chi connectivity index (χ3v) is 4.39. The molecule has 3 aromatic rings. The van der Waals surface area contributed by atoms with Crippen molar-refractivity contribution < 1.29 is 13.6 Å². The van der Waals surface area contributed by atoms with Crippen molar-refractivity contribution in [3.63, 3.8) is 0 Å². The molecule has 0 radical (unpaired) electrons. The maximum Gasteiger partial charge on any atom is 0.236 e. The summed E-state index contributed by atoms with van der Waals surface area (Å²) >= 11 is 0. The molecular weight excluding hydrogens is 331 g/mol. The van der Waals surface area contributed by atoms with E-state index in [9.17, 15) is 9.18 Å². The van der Waals surface area contributed by atoms with E-state index >= 15 is 0 Å². The van der Waals surface area contributed by atoms with Crippen LogP contribution in [-0.4, -0.2) is 18.5 Å². The molecule has 0 spiro atoms. The first kappa shape index (κ1) is 18.1. The fourth-order valence-corrected chi connectivity index (χ4v) is 2.88. The number of carbonyl (C=O) groups is 1. The van der Waals surface area contributed by atoms with Crippen molar-refractivity contribution in [2.45, 2.75) is 32.4 Å². The Balaban J connectivity index is 1.49. The second kappa shape index (κ2) is 8.15. The van der Waals surface area contributed by atoms with E-state index in [1.165, 1.54) is 12.1 Å². The van der Waals surface area contributed by atoms with Crippen LogP contribution in [0, 0.1) is 5.82 Å². The summed E-state index contributed by atoms with van der Waals surface area (Å²) in [5.41, 5.74) is 1.83. The molecule has 1 heterocycles. The molecule has 2 N–H and O–H groups in total. The first-order valence-electron chi connectivity index (χ1n) is 8.79. The Kier molecular flexibility index (Phi) is 5.68. The number of furan rings is 1. The molecule has 136 valence electrons. The average molecular weight is 354 g/mol. The molecular formula is C21H23FN2O2. The predicted molar refractivity (Wildman–Crippen MR) is 100 cm³/mol. The number of benzene rings is 2. The van der Waals surface area contributed by atoms with Gasteiger partial charge in [0.05, 0.1) is 12.1 Å². The summed E-state index contributed by atoms with van der Waals surface area (Å²) in [6.45, 7) is 4.31. The summed E-state index contributed by atoms with van der Waals surface area (Å²) in [5.74, 6) is 0.474. The summed E-state index contributed by atoms with van der Waals surface area (Å²) in [4.78, 5) is 12.3. The highest BCUT2D eigenvalue weighted by Crippen LogP contribution is 2.23. The average Bonchev–Trinajstić information content (AvgIpc) is 3.07. The molecule has 2 unspecified atom stereocenters. The van der Waals surface area contributed by atoms with Crippen LogP contribution in [0.25, 0.3) is 11.0 Å².